The number of halogens is 3. The molecule has 0 aromatic heterocycles. The van der Waals surface area contributed by atoms with E-state index < -0.39 is 33.1 Å². The van der Waals surface area contributed by atoms with Crippen LogP contribution in [-0.2, 0) is 10.0 Å². The number of hydrogen-bond donors (Lipinski definition) is 2. The van der Waals surface area contributed by atoms with E-state index >= 15 is 0 Å². The van der Waals surface area contributed by atoms with Crippen LogP contribution >= 0.6 is 11.6 Å². The van der Waals surface area contributed by atoms with Gasteiger partial charge in [0.1, 0.15) is 11.6 Å². The summed E-state index contributed by atoms with van der Waals surface area (Å²) in [5.74, 6) is -2.43. The van der Waals surface area contributed by atoms with Crippen molar-refractivity contribution in [3.05, 3.63) is 58.6 Å². The molecule has 0 fully saturated rings. The van der Waals surface area contributed by atoms with Crippen LogP contribution in [0.1, 0.15) is 37.0 Å². The minimum absolute atomic E-state index is 0.147. The molecule has 0 unspecified atom stereocenters. The van der Waals surface area contributed by atoms with E-state index in [-0.39, 0.29) is 21.6 Å². The van der Waals surface area contributed by atoms with Crippen molar-refractivity contribution in [2.24, 2.45) is 0 Å². The van der Waals surface area contributed by atoms with Gasteiger partial charge in [0.05, 0.1) is 15.5 Å². The van der Waals surface area contributed by atoms with Crippen molar-refractivity contribution in [3.63, 3.8) is 0 Å². The fourth-order valence-electron chi connectivity index (χ4n) is 2.36. The molecule has 0 atom stereocenters. The second-order valence-corrected chi connectivity index (χ2v) is 7.98. The summed E-state index contributed by atoms with van der Waals surface area (Å²) in [6.45, 7) is 3.68. The van der Waals surface area contributed by atoms with Gasteiger partial charge in [0.25, 0.3) is 5.91 Å². The zero-order valence-corrected chi connectivity index (χ0v) is 16.3. The third kappa shape index (κ3) is 5.24. The van der Waals surface area contributed by atoms with Gasteiger partial charge in [0, 0.05) is 11.7 Å². The van der Waals surface area contributed by atoms with E-state index in [1.807, 2.05) is 13.8 Å². The number of sulfonamides is 1. The molecule has 0 bridgehead atoms. The van der Waals surface area contributed by atoms with Gasteiger partial charge in [-0.2, -0.15) is 0 Å². The van der Waals surface area contributed by atoms with E-state index in [9.17, 15) is 22.0 Å². The summed E-state index contributed by atoms with van der Waals surface area (Å²) in [7, 11) is -3.91. The quantitative estimate of drug-likeness (QED) is 0.705. The van der Waals surface area contributed by atoms with Gasteiger partial charge in [-0.1, -0.05) is 25.4 Å². The number of carbonyl (C=O) groups is 1. The normalized spacial score (nSPS) is 11.6. The van der Waals surface area contributed by atoms with E-state index in [1.54, 1.807) is 0 Å². The molecule has 0 aliphatic heterocycles. The number of nitrogens with one attached hydrogen (secondary N) is 2. The lowest BCUT2D eigenvalue weighted by Gasteiger charge is -2.15. The third-order valence-electron chi connectivity index (χ3n) is 3.98. The predicted octanol–water partition coefficient (Wildman–Crippen LogP) is 4.34. The fourth-order valence-corrected chi connectivity index (χ4v) is 3.97. The van der Waals surface area contributed by atoms with Crippen molar-refractivity contribution < 1.29 is 22.0 Å². The highest BCUT2D eigenvalue weighted by molar-refractivity contribution is 7.89. The van der Waals surface area contributed by atoms with Gasteiger partial charge in [-0.25, -0.2) is 21.9 Å². The zero-order valence-electron chi connectivity index (χ0n) is 14.7. The Kier molecular flexibility index (Phi) is 6.91. The maximum atomic E-state index is 14.1. The molecule has 9 heteroatoms. The molecular weight excluding hydrogens is 398 g/mol. The Morgan fingerprint density at radius 1 is 1.07 bits per heavy atom. The number of amides is 1. The highest BCUT2D eigenvalue weighted by atomic mass is 35.5. The molecule has 146 valence electrons. The van der Waals surface area contributed by atoms with Crippen molar-refractivity contribution in [2.45, 2.75) is 37.6 Å². The Hall–Kier alpha value is -2.03. The summed E-state index contributed by atoms with van der Waals surface area (Å²) < 4.78 is 54.7. The monoisotopic (exact) mass is 416 g/mol. The zero-order chi connectivity index (χ0) is 20.2. The first-order valence-electron chi connectivity index (χ1n) is 8.26. The molecule has 2 rings (SSSR count). The van der Waals surface area contributed by atoms with Crippen molar-refractivity contribution in [3.8, 4) is 0 Å². The lowest BCUT2D eigenvalue weighted by molar-refractivity contribution is 0.102. The van der Waals surface area contributed by atoms with E-state index in [4.69, 9.17) is 11.6 Å². The molecule has 0 spiro atoms. The minimum atomic E-state index is -3.91. The summed E-state index contributed by atoms with van der Waals surface area (Å²) in [6.07, 6.45) is 1.19. The molecule has 0 aliphatic rings. The van der Waals surface area contributed by atoms with Crippen LogP contribution in [0.3, 0.4) is 0 Å². The Bertz CT molecular complexity index is 948. The van der Waals surface area contributed by atoms with Crippen LogP contribution in [0.15, 0.2) is 41.3 Å². The van der Waals surface area contributed by atoms with Gasteiger partial charge in [0.2, 0.25) is 10.0 Å². The number of carbonyl (C=O) groups excluding carboxylic acids is 1. The summed E-state index contributed by atoms with van der Waals surface area (Å²) in [5.41, 5.74) is -0.308. The van der Waals surface area contributed by atoms with E-state index in [2.05, 4.69) is 10.0 Å². The lowest BCUT2D eigenvalue weighted by Crippen LogP contribution is -2.34. The Labute approximate surface area is 161 Å². The minimum Gasteiger partial charge on any atom is -0.322 e. The molecule has 0 aliphatic carbocycles. The second kappa shape index (κ2) is 8.77. The molecule has 0 heterocycles. The summed E-state index contributed by atoms with van der Waals surface area (Å²) in [6, 6.07) is 6.17. The molecule has 2 aromatic rings. The SMILES string of the molecule is CCC(CC)NS(=O)(=O)c1ccc(F)c(C(=O)Nc2ccc(F)c(Cl)c2)c1. The maximum absolute atomic E-state index is 14.1. The third-order valence-corrected chi connectivity index (χ3v) is 5.79. The highest BCUT2D eigenvalue weighted by Crippen LogP contribution is 2.21. The van der Waals surface area contributed by atoms with Crippen LogP contribution in [0.5, 0.6) is 0 Å². The standard InChI is InChI=1S/C18H19ClF2N2O3S/c1-3-11(4-2)23-27(25,26)13-6-8-16(20)14(10-13)18(24)22-12-5-7-17(21)15(19)9-12/h5-11,23H,3-4H2,1-2H3,(H,22,24). The number of anilines is 1. The van der Waals surface area contributed by atoms with Gasteiger partial charge in [-0.3, -0.25) is 4.79 Å². The first-order chi connectivity index (χ1) is 12.7. The molecule has 0 saturated carbocycles. The average molecular weight is 417 g/mol. The number of rotatable bonds is 7. The molecule has 2 aromatic carbocycles. The van der Waals surface area contributed by atoms with Crippen LogP contribution in [0.2, 0.25) is 5.02 Å². The largest absolute Gasteiger partial charge is 0.322 e. The highest BCUT2D eigenvalue weighted by Gasteiger charge is 2.22. The number of benzene rings is 2. The van der Waals surface area contributed by atoms with Crippen molar-refractivity contribution >= 4 is 33.2 Å². The van der Waals surface area contributed by atoms with E-state index in [0.29, 0.717) is 12.8 Å². The van der Waals surface area contributed by atoms with Crippen molar-refractivity contribution in [1.82, 2.24) is 4.72 Å². The lowest BCUT2D eigenvalue weighted by atomic mass is 10.2. The molecule has 2 N–H and O–H groups in total. The fraction of sp³-hybridized carbons (Fsp3) is 0.278. The van der Waals surface area contributed by atoms with Gasteiger partial charge in [-0.15, -0.1) is 0 Å². The van der Waals surface area contributed by atoms with E-state index in [0.717, 1.165) is 24.3 Å². The Morgan fingerprint density at radius 2 is 1.70 bits per heavy atom. The average Bonchev–Trinajstić information content (AvgIpc) is 2.62. The topological polar surface area (TPSA) is 75.3 Å². The van der Waals surface area contributed by atoms with Crippen molar-refractivity contribution in [1.29, 1.82) is 0 Å². The second-order valence-electron chi connectivity index (χ2n) is 5.86. The van der Waals surface area contributed by atoms with Crippen LogP contribution in [0, 0.1) is 11.6 Å². The Morgan fingerprint density at radius 3 is 2.30 bits per heavy atom. The first-order valence-corrected chi connectivity index (χ1v) is 10.1. The summed E-state index contributed by atoms with van der Waals surface area (Å²) in [5, 5.41) is 2.15. The molecule has 1 amide bonds. The van der Waals surface area contributed by atoms with Gasteiger partial charge in [-0.05, 0) is 49.2 Å². The molecule has 27 heavy (non-hydrogen) atoms. The van der Waals surface area contributed by atoms with Crippen molar-refractivity contribution in [2.75, 3.05) is 5.32 Å². The Balaban J connectivity index is 2.30. The van der Waals surface area contributed by atoms with Crippen LogP contribution in [0.4, 0.5) is 14.5 Å². The van der Waals surface area contributed by atoms with Crippen LogP contribution in [-0.4, -0.2) is 20.4 Å². The van der Waals surface area contributed by atoms with Gasteiger partial charge < -0.3 is 5.32 Å². The first kappa shape index (κ1) is 21.3. The molecule has 0 radical (unpaired) electrons. The molecular formula is C18H19ClF2N2O3S. The van der Waals surface area contributed by atoms with Crippen LogP contribution < -0.4 is 10.0 Å². The van der Waals surface area contributed by atoms with Gasteiger partial charge in [0.15, 0.2) is 0 Å². The molecule has 0 saturated heterocycles. The summed E-state index contributed by atoms with van der Waals surface area (Å²) >= 11 is 5.65. The van der Waals surface area contributed by atoms with Gasteiger partial charge >= 0.3 is 0 Å². The maximum Gasteiger partial charge on any atom is 0.258 e. The predicted molar refractivity (Wildman–Crippen MR) is 100 cm³/mol. The van der Waals surface area contributed by atoms with Crippen LogP contribution in [0.25, 0.3) is 0 Å². The summed E-state index contributed by atoms with van der Waals surface area (Å²) in [4.78, 5) is 12.1. The van der Waals surface area contributed by atoms with E-state index in [1.165, 1.54) is 12.1 Å². The number of hydrogen-bond acceptors (Lipinski definition) is 3. The molecule has 5 nitrogen and oxygen atoms in total. The smallest absolute Gasteiger partial charge is 0.258 e.